The molecular weight excluding hydrogens is 347 g/mol. The number of carboxylic acid groups (broad SMARTS) is 1. The minimum absolute atomic E-state index is 0.0146. The van der Waals surface area contributed by atoms with Gasteiger partial charge in [0.2, 0.25) is 0 Å². The molecule has 114 valence electrons. The molecule has 0 amide bonds. The molecule has 0 saturated heterocycles. The van der Waals surface area contributed by atoms with Crippen molar-refractivity contribution in [1.82, 2.24) is 9.38 Å². The molecule has 3 aromatic rings. The quantitative estimate of drug-likeness (QED) is 0.749. The van der Waals surface area contributed by atoms with Crippen LogP contribution in [-0.4, -0.2) is 27.1 Å². The summed E-state index contributed by atoms with van der Waals surface area (Å²) in [5.74, 6) is -0.560. The van der Waals surface area contributed by atoms with Crippen LogP contribution in [0.4, 0.5) is 0 Å². The van der Waals surface area contributed by atoms with Crippen LogP contribution in [0.25, 0.3) is 16.2 Å². The number of imidazole rings is 1. The van der Waals surface area contributed by atoms with Crippen molar-refractivity contribution in [3.63, 3.8) is 0 Å². The molecule has 0 fully saturated rings. The van der Waals surface area contributed by atoms with Gasteiger partial charge in [0.15, 0.2) is 10.7 Å². The van der Waals surface area contributed by atoms with Crippen molar-refractivity contribution >= 4 is 45.5 Å². The van der Waals surface area contributed by atoms with Crippen molar-refractivity contribution in [2.75, 3.05) is 6.61 Å². The van der Waals surface area contributed by atoms with Crippen LogP contribution in [-0.2, 0) is 0 Å². The van der Waals surface area contributed by atoms with E-state index in [1.54, 1.807) is 16.5 Å². The summed E-state index contributed by atoms with van der Waals surface area (Å²) in [6.45, 7) is 2.31. The first-order valence-electron chi connectivity index (χ1n) is 6.33. The second-order valence-corrected chi connectivity index (χ2v) is 6.08. The molecule has 2 heterocycles. The molecule has 0 saturated carbocycles. The average molecular weight is 357 g/mol. The third-order valence-corrected chi connectivity index (χ3v) is 4.34. The zero-order valence-corrected chi connectivity index (χ0v) is 13.7. The molecule has 0 bridgehead atoms. The highest BCUT2D eigenvalue weighted by atomic mass is 35.5. The predicted molar refractivity (Wildman–Crippen MR) is 86.7 cm³/mol. The molecular formula is C14H10Cl2N2O3S. The molecule has 0 atom stereocenters. The number of hydrogen-bond donors (Lipinski definition) is 1. The fourth-order valence-corrected chi connectivity index (χ4v) is 3.54. The first-order chi connectivity index (χ1) is 10.5. The number of benzene rings is 1. The van der Waals surface area contributed by atoms with Gasteiger partial charge in [0.1, 0.15) is 5.75 Å². The van der Waals surface area contributed by atoms with Crippen LogP contribution in [0.3, 0.4) is 0 Å². The van der Waals surface area contributed by atoms with E-state index in [1.165, 1.54) is 17.5 Å². The van der Waals surface area contributed by atoms with Crippen molar-refractivity contribution in [3.8, 4) is 17.0 Å². The first-order valence-corrected chi connectivity index (χ1v) is 7.97. The summed E-state index contributed by atoms with van der Waals surface area (Å²) in [5, 5.41) is 11.8. The molecule has 0 radical (unpaired) electrons. The standard InChI is InChI=1S/C14H10Cl2N2O3S/c1-2-21-12-8(3-7(15)4-9(12)16)11-6-22-14-17-10(13(19)20)5-18(11)14/h3-6H,2H2,1H3,(H,19,20). The minimum atomic E-state index is -1.07. The molecule has 0 aliphatic carbocycles. The maximum Gasteiger partial charge on any atom is 0.356 e. The van der Waals surface area contributed by atoms with Crippen LogP contribution < -0.4 is 4.74 Å². The largest absolute Gasteiger partial charge is 0.492 e. The minimum Gasteiger partial charge on any atom is -0.492 e. The number of carbonyl (C=O) groups is 1. The molecule has 1 aromatic carbocycles. The Labute approximate surface area is 139 Å². The SMILES string of the molecule is CCOc1c(Cl)cc(Cl)cc1-c1csc2nc(C(=O)O)cn12. The fourth-order valence-electron chi connectivity index (χ4n) is 2.12. The van der Waals surface area contributed by atoms with Crippen molar-refractivity contribution in [1.29, 1.82) is 0 Å². The summed E-state index contributed by atoms with van der Waals surface area (Å²) in [7, 11) is 0. The highest BCUT2D eigenvalue weighted by molar-refractivity contribution is 7.15. The number of aromatic carboxylic acids is 1. The third-order valence-electron chi connectivity index (χ3n) is 3.00. The molecule has 1 N–H and O–H groups in total. The average Bonchev–Trinajstić information content (AvgIpc) is 3.01. The molecule has 2 aromatic heterocycles. The van der Waals surface area contributed by atoms with E-state index < -0.39 is 5.97 Å². The fraction of sp³-hybridized carbons (Fsp3) is 0.143. The van der Waals surface area contributed by atoms with E-state index in [2.05, 4.69) is 4.98 Å². The van der Waals surface area contributed by atoms with Gasteiger partial charge in [0, 0.05) is 22.2 Å². The summed E-state index contributed by atoms with van der Waals surface area (Å²) >= 11 is 13.6. The Bertz CT molecular complexity index is 872. The second kappa shape index (κ2) is 5.79. The highest BCUT2D eigenvalue weighted by Gasteiger charge is 2.18. The summed E-state index contributed by atoms with van der Waals surface area (Å²) in [6.07, 6.45) is 1.47. The van der Waals surface area contributed by atoms with Crippen LogP contribution in [0.2, 0.25) is 10.0 Å². The smallest absolute Gasteiger partial charge is 0.356 e. The van der Waals surface area contributed by atoms with Gasteiger partial charge in [-0.15, -0.1) is 11.3 Å². The lowest BCUT2D eigenvalue weighted by Crippen LogP contribution is -1.97. The number of halogens is 2. The zero-order chi connectivity index (χ0) is 15.9. The van der Waals surface area contributed by atoms with Crippen molar-refractivity contribution < 1.29 is 14.6 Å². The monoisotopic (exact) mass is 356 g/mol. The molecule has 0 aliphatic rings. The van der Waals surface area contributed by atoms with E-state index in [-0.39, 0.29) is 5.69 Å². The van der Waals surface area contributed by atoms with Crippen molar-refractivity contribution in [3.05, 3.63) is 39.4 Å². The van der Waals surface area contributed by atoms with Crippen molar-refractivity contribution in [2.24, 2.45) is 0 Å². The van der Waals surface area contributed by atoms with Gasteiger partial charge in [-0.1, -0.05) is 23.2 Å². The normalized spacial score (nSPS) is 11.0. The van der Waals surface area contributed by atoms with Gasteiger partial charge >= 0.3 is 5.97 Å². The van der Waals surface area contributed by atoms with Crippen LogP contribution in [0.15, 0.2) is 23.7 Å². The van der Waals surface area contributed by atoms with Gasteiger partial charge in [-0.05, 0) is 19.1 Å². The van der Waals surface area contributed by atoms with Crippen LogP contribution in [0.1, 0.15) is 17.4 Å². The lowest BCUT2D eigenvalue weighted by molar-refractivity contribution is 0.0691. The van der Waals surface area contributed by atoms with E-state index in [9.17, 15) is 4.79 Å². The number of thiazole rings is 1. The van der Waals surface area contributed by atoms with Crippen LogP contribution in [0.5, 0.6) is 5.75 Å². The Morgan fingerprint density at radius 1 is 1.45 bits per heavy atom. The number of hydrogen-bond acceptors (Lipinski definition) is 4. The van der Waals surface area contributed by atoms with Crippen LogP contribution in [0, 0.1) is 0 Å². The molecule has 8 heteroatoms. The molecule has 3 rings (SSSR count). The first kappa shape index (κ1) is 15.1. The topological polar surface area (TPSA) is 63.8 Å². The van der Waals surface area contributed by atoms with E-state index >= 15 is 0 Å². The van der Waals surface area contributed by atoms with Gasteiger partial charge in [0.05, 0.1) is 17.3 Å². The van der Waals surface area contributed by atoms with Crippen molar-refractivity contribution in [2.45, 2.75) is 6.92 Å². The molecule has 0 aliphatic heterocycles. The Kier molecular flexibility index (Phi) is 3.99. The number of rotatable bonds is 4. The van der Waals surface area contributed by atoms with E-state index in [0.717, 1.165) is 5.69 Å². The molecule has 0 spiro atoms. The molecule has 5 nitrogen and oxygen atoms in total. The third kappa shape index (κ3) is 2.54. The van der Waals surface area contributed by atoms with Gasteiger partial charge in [-0.25, -0.2) is 9.78 Å². The summed E-state index contributed by atoms with van der Waals surface area (Å²) in [6, 6.07) is 3.35. The molecule has 22 heavy (non-hydrogen) atoms. The summed E-state index contributed by atoms with van der Waals surface area (Å²) < 4.78 is 7.31. The summed E-state index contributed by atoms with van der Waals surface area (Å²) in [5.41, 5.74) is 1.41. The Hall–Kier alpha value is -1.76. The number of nitrogens with zero attached hydrogens (tertiary/aromatic N) is 2. The summed E-state index contributed by atoms with van der Waals surface area (Å²) in [4.78, 5) is 15.7. The van der Waals surface area contributed by atoms with Gasteiger partial charge in [0.25, 0.3) is 0 Å². The Morgan fingerprint density at radius 3 is 2.91 bits per heavy atom. The highest BCUT2D eigenvalue weighted by Crippen LogP contribution is 2.40. The van der Waals surface area contributed by atoms with Gasteiger partial charge in [-0.3, -0.25) is 4.40 Å². The lowest BCUT2D eigenvalue weighted by Gasteiger charge is -2.12. The van der Waals surface area contributed by atoms with E-state index in [4.69, 9.17) is 33.0 Å². The van der Waals surface area contributed by atoms with Gasteiger partial charge < -0.3 is 9.84 Å². The maximum absolute atomic E-state index is 11.1. The number of aromatic nitrogens is 2. The Morgan fingerprint density at radius 2 is 2.23 bits per heavy atom. The van der Waals surface area contributed by atoms with Crippen LogP contribution >= 0.6 is 34.5 Å². The van der Waals surface area contributed by atoms with E-state index in [1.807, 2.05) is 12.3 Å². The number of carboxylic acids is 1. The van der Waals surface area contributed by atoms with E-state index in [0.29, 0.717) is 32.9 Å². The second-order valence-electron chi connectivity index (χ2n) is 4.40. The zero-order valence-electron chi connectivity index (χ0n) is 11.3. The maximum atomic E-state index is 11.1. The van der Waals surface area contributed by atoms with Gasteiger partial charge in [-0.2, -0.15) is 0 Å². The number of ether oxygens (including phenoxy) is 1. The lowest BCUT2D eigenvalue weighted by atomic mass is 10.1. The molecule has 0 unspecified atom stereocenters. The Balaban J connectivity index is 2.24. The predicted octanol–water partition coefficient (Wildman–Crippen LogP) is 4.47. The number of fused-ring (bicyclic) bond motifs is 1.